The highest BCUT2D eigenvalue weighted by Crippen LogP contribution is 2.25. The van der Waals surface area contributed by atoms with Crippen molar-refractivity contribution in [3.8, 4) is 0 Å². The Kier molecular flexibility index (Phi) is 8.60. The number of hydrogen-bond acceptors (Lipinski definition) is 3. The summed E-state index contributed by atoms with van der Waals surface area (Å²) in [6.07, 6.45) is -1.47. The molecule has 1 amide bonds. The van der Waals surface area contributed by atoms with Crippen LogP contribution < -0.4 is 5.32 Å². The molecule has 0 saturated heterocycles. The number of carbonyl (C=O) groups is 1. The molecule has 0 radical (unpaired) electrons. The summed E-state index contributed by atoms with van der Waals surface area (Å²) in [4.78, 5) is 13.3. The Labute approximate surface area is 195 Å². The number of nitrogens with one attached hydrogen (secondary N) is 1. The molecule has 0 aliphatic rings. The smallest absolute Gasteiger partial charge is 0.408 e. The molecule has 0 bridgehead atoms. The summed E-state index contributed by atoms with van der Waals surface area (Å²) in [6, 6.07) is 10.3. The molecule has 0 unspecified atom stereocenters. The topological polar surface area (TPSA) is 72.8 Å². The molecule has 0 heterocycles. The molecular formula is C26H36F2N2O3. The Morgan fingerprint density at radius 1 is 1.03 bits per heavy atom. The minimum Gasteiger partial charge on any atom is -0.465 e. The Balaban J connectivity index is 2.32. The maximum Gasteiger partial charge on any atom is 0.408 e. The van der Waals surface area contributed by atoms with Crippen molar-refractivity contribution in [1.29, 1.82) is 0 Å². The first-order chi connectivity index (χ1) is 15.2. The lowest BCUT2D eigenvalue weighted by molar-refractivity contribution is 0.00539. The van der Waals surface area contributed by atoms with Gasteiger partial charge in [-0.2, -0.15) is 0 Å². The number of benzene rings is 2. The summed E-state index contributed by atoms with van der Waals surface area (Å²) in [6.45, 7) is 11.3. The molecule has 2 aromatic carbocycles. The highest BCUT2D eigenvalue weighted by molar-refractivity contribution is 5.66. The monoisotopic (exact) mass is 462 g/mol. The van der Waals surface area contributed by atoms with Gasteiger partial charge in [-0.1, -0.05) is 31.2 Å². The van der Waals surface area contributed by atoms with Crippen molar-refractivity contribution in [3.63, 3.8) is 0 Å². The van der Waals surface area contributed by atoms with Gasteiger partial charge in [-0.25, -0.2) is 13.6 Å². The summed E-state index contributed by atoms with van der Waals surface area (Å²) < 4.78 is 27.6. The Morgan fingerprint density at radius 3 is 2.15 bits per heavy atom. The second-order valence-electron chi connectivity index (χ2n) is 10.00. The lowest BCUT2D eigenvalue weighted by atomic mass is 9.91. The molecule has 2 aromatic rings. The van der Waals surface area contributed by atoms with Crippen LogP contribution in [0, 0.1) is 11.6 Å². The third-order valence-corrected chi connectivity index (χ3v) is 5.88. The Hall–Kier alpha value is -2.51. The van der Waals surface area contributed by atoms with Crippen LogP contribution in [0.4, 0.5) is 13.6 Å². The van der Waals surface area contributed by atoms with E-state index in [-0.39, 0.29) is 18.5 Å². The van der Waals surface area contributed by atoms with Gasteiger partial charge in [-0.15, -0.1) is 0 Å². The van der Waals surface area contributed by atoms with E-state index in [1.54, 1.807) is 20.8 Å². The molecule has 0 aromatic heterocycles. The normalized spacial score (nSPS) is 14.1. The Bertz CT molecular complexity index is 937. The minimum atomic E-state index is -1.21. The van der Waals surface area contributed by atoms with Crippen LogP contribution in [-0.2, 0) is 18.4 Å². The summed E-state index contributed by atoms with van der Waals surface area (Å²) in [5, 5.41) is 24.4. The van der Waals surface area contributed by atoms with Crippen molar-refractivity contribution >= 4 is 6.09 Å². The van der Waals surface area contributed by atoms with E-state index in [1.807, 2.05) is 26.0 Å². The molecule has 0 aliphatic heterocycles. The third-order valence-electron chi connectivity index (χ3n) is 5.88. The van der Waals surface area contributed by atoms with Gasteiger partial charge in [0.15, 0.2) is 0 Å². The fraction of sp³-hybridized carbons (Fsp3) is 0.500. The number of aliphatic hydroxyl groups excluding tert-OH is 1. The molecule has 182 valence electrons. The van der Waals surface area contributed by atoms with Crippen molar-refractivity contribution in [1.82, 2.24) is 10.2 Å². The average Bonchev–Trinajstić information content (AvgIpc) is 2.69. The number of hydrogen-bond donors (Lipinski definition) is 3. The van der Waals surface area contributed by atoms with E-state index in [2.05, 4.69) is 24.4 Å². The first-order valence-electron chi connectivity index (χ1n) is 11.2. The number of aliphatic hydroxyl groups is 1. The molecule has 2 rings (SSSR count). The molecule has 2 atom stereocenters. The molecular weight excluding hydrogens is 426 g/mol. The quantitative estimate of drug-likeness (QED) is 0.485. The maximum atomic E-state index is 13.8. The number of aryl methyl sites for hydroxylation is 1. The van der Waals surface area contributed by atoms with Crippen LogP contribution in [0.15, 0.2) is 42.5 Å². The molecule has 0 spiro atoms. The van der Waals surface area contributed by atoms with Gasteiger partial charge in [0.2, 0.25) is 0 Å². The first kappa shape index (κ1) is 26.7. The highest BCUT2D eigenvalue weighted by atomic mass is 19.1. The van der Waals surface area contributed by atoms with Crippen LogP contribution in [0.3, 0.4) is 0 Å². The van der Waals surface area contributed by atoms with E-state index >= 15 is 0 Å². The van der Waals surface area contributed by atoms with Gasteiger partial charge in [0.05, 0.1) is 12.1 Å². The zero-order valence-electron chi connectivity index (χ0n) is 20.3. The molecule has 3 N–H and O–H groups in total. The van der Waals surface area contributed by atoms with Crippen LogP contribution in [-0.4, -0.2) is 45.4 Å². The summed E-state index contributed by atoms with van der Waals surface area (Å²) in [5.41, 5.74) is 1.19. The van der Waals surface area contributed by atoms with Crippen LogP contribution >= 0.6 is 0 Å². The number of rotatable bonds is 9. The van der Waals surface area contributed by atoms with Gasteiger partial charge >= 0.3 is 6.09 Å². The predicted molar refractivity (Wildman–Crippen MR) is 126 cm³/mol. The van der Waals surface area contributed by atoms with Crippen molar-refractivity contribution in [3.05, 3.63) is 70.8 Å². The zero-order chi connectivity index (χ0) is 25.0. The van der Waals surface area contributed by atoms with Crippen LogP contribution in [0.25, 0.3) is 0 Å². The molecule has 5 nitrogen and oxygen atoms in total. The number of nitrogens with zero attached hydrogens (tertiary/aromatic N) is 1. The van der Waals surface area contributed by atoms with Crippen LogP contribution in [0.1, 0.15) is 58.2 Å². The van der Waals surface area contributed by atoms with E-state index in [4.69, 9.17) is 0 Å². The highest BCUT2D eigenvalue weighted by Gasteiger charge is 2.38. The van der Waals surface area contributed by atoms with Gasteiger partial charge in [0.25, 0.3) is 0 Å². The van der Waals surface area contributed by atoms with Gasteiger partial charge in [0, 0.05) is 23.7 Å². The Morgan fingerprint density at radius 2 is 1.64 bits per heavy atom. The second kappa shape index (κ2) is 10.6. The minimum absolute atomic E-state index is 0.0349. The standard InChI is InChI=1S/C26H36F2N2O3/c1-7-17-9-8-10-19(11-17)26(5,6)29-16-23(31)22(30(24(32)33)25(2,3)4)14-18-12-20(27)15-21(28)13-18/h8-13,15,22-23,29,31H,7,14,16H2,1-6H3,(H,32,33)/t22-,23+/m0/s1. The molecule has 7 heteroatoms. The number of amides is 1. The first-order valence-corrected chi connectivity index (χ1v) is 11.2. The molecule has 33 heavy (non-hydrogen) atoms. The van der Waals surface area contributed by atoms with Gasteiger partial charge < -0.3 is 15.5 Å². The zero-order valence-corrected chi connectivity index (χ0v) is 20.3. The van der Waals surface area contributed by atoms with E-state index < -0.39 is 41.0 Å². The summed E-state index contributed by atoms with van der Waals surface area (Å²) in [5.74, 6) is -1.49. The number of halogens is 2. The lowest BCUT2D eigenvalue weighted by Gasteiger charge is -2.42. The SMILES string of the molecule is CCc1cccc(C(C)(C)NC[C@@H](O)[C@H](Cc2cc(F)cc(F)c2)N(C(=O)O)C(C)(C)C)c1. The maximum absolute atomic E-state index is 13.8. The number of carboxylic acid groups (broad SMARTS) is 1. The average molecular weight is 463 g/mol. The van der Waals surface area contributed by atoms with E-state index in [0.29, 0.717) is 0 Å². The lowest BCUT2D eigenvalue weighted by Crippen LogP contribution is -2.58. The van der Waals surface area contributed by atoms with E-state index in [1.165, 1.54) is 17.7 Å². The van der Waals surface area contributed by atoms with Crippen molar-refractivity contribution in [2.75, 3.05) is 6.54 Å². The van der Waals surface area contributed by atoms with Crippen molar-refractivity contribution < 1.29 is 23.8 Å². The summed E-state index contributed by atoms with van der Waals surface area (Å²) >= 11 is 0. The second-order valence-corrected chi connectivity index (χ2v) is 10.00. The van der Waals surface area contributed by atoms with Gasteiger partial charge in [0.1, 0.15) is 11.6 Å². The van der Waals surface area contributed by atoms with Crippen LogP contribution in [0.5, 0.6) is 0 Å². The fourth-order valence-corrected chi connectivity index (χ4v) is 4.07. The van der Waals surface area contributed by atoms with E-state index in [0.717, 1.165) is 23.0 Å². The van der Waals surface area contributed by atoms with Gasteiger partial charge in [-0.3, -0.25) is 4.90 Å². The fourth-order valence-electron chi connectivity index (χ4n) is 4.07. The van der Waals surface area contributed by atoms with Gasteiger partial charge in [-0.05, 0) is 76.3 Å². The third kappa shape index (κ3) is 7.24. The van der Waals surface area contributed by atoms with Crippen LogP contribution in [0.2, 0.25) is 0 Å². The largest absolute Gasteiger partial charge is 0.465 e. The van der Waals surface area contributed by atoms with E-state index in [9.17, 15) is 23.8 Å². The molecule has 0 saturated carbocycles. The summed E-state index contributed by atoms with van der Waals surface area (Å²) in [7, 11) is 0. The van der Waals surface area contributed by atoms with Crippen molar-refractivity contribution in [2.24, 2.45) is 0 Å². The predicted octanol–water partition coefficient (Wildman–Crippen LogP) is 5.10. The molecule has 0 aliphatic carbocycles. The molecule has 0 fully saturated rings. The van der Waals surface area contributed by atoms with Crippen molar-refractivity contribution in [2.45, 2.75) is 77.6 Å².